The molecule has 0 saturated heterocycles. The lowest BCUT2D eigenvalue weighted by Gasteiger charge is -2.16. The van der Waals surface area contributed by atoms with E-state index in [0.29, 0.717) is 5.75 Å². The van der Waals surface area contributed by atoms with Crippen molar-refractivity contribution in [2.75, 3.05) is 5.32 Å². The Labute approximate surface area is 132 Å². The van der Waals surface area contributed by atoms with Crippen molar-refractivity contribution < 1.29 is 22.7 Å². The fourth-order valence-corrected chi connectivity index (χ4v) is 1.95. The number of benzene rings is 2. The average Bonchev–Trinajstić information content (AvgIpc) is 2.49. The molecule has 122 valence electrons. The van der Waals surface area contributed by atoms with Crippen LogP contribution in [0.25, 0.3) is 0 Å². The van der Waals surface area contributed by atoms with E-state index in [2.05, 4.69) is 5.32 Å². The van der Waals surface area contributed by atoms with Crippen molar-refractivity contribution in [1.82, 2.24) is 0 Å². The molecule has 0 aliphatic heterocycles. The minimum Gasteiger partial charge on any atom is -0.481 e. The third-order valence-electron chi connectivity index (χ3n) is 3.22. The molecule has 2 aromatic carbocycles. The molecule has 6 heteroatoms. The zero-order valence-corrected chi connectivity index (χ0v) is 12.6. The molecule has 0 aliphatic rings. The number of carbonyl (C=O) groups is 1. The maximum absolute atomic E-state index is 12.7. The van der Waals surface area contributed by atoms with Gasteiger partial charge in [-0.15, -0.1) is 0 Å². The Morgan fingerprint density at radius 3 is 2.48 bits per heavy atom. The van der Waals surface area contributed by atoms with Gasteiger partial charge in [0.25, 0.3) is 5.91 Å². The van der Waals surface area contributed by atoms with E-state index in [0.717, 1.165) is 17.7 Å². The van der Waals surface area contributed by atoms with E-state index in [1.54, 1.807) is 12.1 Å². The first-order chi connectivity index (χ1) is 10.8. The van der Waals surface area contributed by atoms with Gasteiger partial charge in [0.2, 0.25) is 0 Å². The molecule has 0 aromatic heterocycles. The summed E-state index contributed by atoms with van der Waals surface area (Å²) in [4.78, 5) is 12.1. The molecule has 0 unspecified atom stereocenters. The monoisotopic (exact) mass is 323 g/mol. The van der Waals surface area contributed by atoms with E-state index in [9.17, 15) is 18.0 Å². The molecule has 1 atom stereocenters. The van der Waals surface area contributed by atoms with Gasteiger partial charge in [0, 0.05) is 5.69 Å². The normalized spacial score (nSPS) is 12.6. The van der Waals surface area contributed by atoms with Crippen molar-refractivity contribution in [3.8, 4) is 5.75 Å². The average molecular weight is 323 g/mol. The first kappa shape index (κ1) is 16.9. The Hall–Kier alpha value is -2.50. The molecule has 1 N–H and O–H groups in total. The smallest absolute Gasteiger partial charge is 0.416 e. The van der Waals surface area contributed by atoms with Gasteiger partial charge in [-0.2, -0.15) is 13.2 Å². The van der Waals surface area contributed by atoms with E-state index in [-0.39, 0.29) is 5.69 Å². The maximum Gasteiger partial charge on any atom is 0.416 e. The maximum atomic E-state index is 12.7. The van der Waals surface area contributed by atoms with Gasteiger partial charge >= 0.3 is 6.18 Å². The van der Waals surface area contributed by atoms with E-state index < -0.39 is 23.8 Å². The van der Waals surface area contributed by atoms with Gasteiger partial charge in [0.15, 0.2) is 6.10 Å². The molecule has 0 bridgehead atoms. The highest BCUT2D eigenvalue weighted by Gasteiger charge is 2.30. The van der Waals surface area contributed by atoms with Gasteiger partial charge in [0.05, 0.1) is 5.56 Å². The van der Waals surface area contributed by atoms with Crippen LogP contribution in [0.2, 0.25) is 0 Å². The first-order valence-corrected chi connectivity index (χ1v) is 6.98. The summed E-state index contributed by atoms with van der Waals surface area (Å²) in [5.74, 6) is 0.0340. The number of ether oxygens (including phenoxy) is 1. The molecule has 2 rings (SSSR count). The summed E-state index contributed by atoms with van der Waals surface area (Å²) in [5, 5.41) is 2.43. The highest BCUT2D eigenvalue weighted by atomic mass is 19.4. The number of anilines is 1. The fourth-order valence-electron chi connectivity index (χ4n) is 1.95. The van der Waals surface area contributed by atoms with Crippen LogP contribution >= 0.6 is 0 Å². The summed E-state index contributed by atoms with van der Waals surface area (Å²) in [5.41, 5.74) is 0.124. The summed E-state index contributed by atoms with van der Waals surface area (Å²) >= 11 is 0. The molecule has 3 nitrogen and oxygen atoms in total. The predicted molar refractivity (Wildman–Crippen MR) is 81.3 cm³/mol. The lowest BCUT2D eigenvalue weighted by molar-refractivity contribution is -0.137. The quantitative estimate of drug-likeness (QED) is 0.904. The fraction of sp³-hybridized carbons (Fsp3) is 0.235. The van der Waals surface area contributed by atoms with Gasteiger partial charge in [-0.25, -0.2) is 0 Å². The van der Waals surface area contributed by atoms with Crippen LogP contribution in [0, 0.1) is 6.92 Å². The molecule has 0 fully saturated rings. The minimum absolute atomic E-state index is 0.0741. The highest BCUT2D eigenvalue weighted by molar-refractivity contribution is 5.94. The van der Waals surface area contributed by atoms with Crippen molar-refractivity contribution >= 4 is 11.6 Å². The number of carbonyl (C=O) groups excluding carboxylic acids is 1. The summed E-state index contributed by atoms with van der Waals surface area (Å²) < 4.78 is 43.5. The van der Waals surface area contributed by atoms with Crippen molar-refractivity contribution in [2.45, 2.75) is 26.1 Å². The van der Waals surface area contributed by atoms with E-state index in [1.807, 2.05) is 19.1 Å². The second-order valence-electron chi connectivity index (χ2n) is 5.09. The SMILES string of the molecule is Cc1ccccc1O[C@@H](C)C(=O)Nc1cccc(C(F)(F)F)c1. The van der Waals surface area contributed by atoms with Crippen LogP contribution in [0.1, 0.15) is 18.1 Å². The molecule has 23 heavy (non-hydrogen) atoms. The molecular formula is C17H16F3NO2. The summed E-state index contributed by atoms with van der Waals surface area (Å²) in [6, 6.07) is 11.7. The number of nitrogens with one attached hydrogen (secondary N) is 1. The highest BCUT2D eigenvalue weighted by Crippen LogP contribution is 2.30. The Kier molecular flexibility index (Phi) is 4.93. The number of halogens is 3. The standard InChI is InChI=1S/C17H16F3NO2/c1-11-6-3-4-9-15(11)23-12(2)16(22)21-14-8-5-7-13(10-14)17(18,19)20/h3-10,12H,1-2H3,(H,21,22)/t12-/m0/s1. The Morgan fingerprint density at radius 2 is 1.83 bits per heavy atom. The number of hydrogen-bond acceptors (Lipinski definition) is 2. The number of para-hydroxylation sites is 1. The Bertz CT molecular complexity index is 698. The summed E-state index contributed by atoms with van der Waals surface area (Å²) in [6.45, 7) is 3.38. The topological polar surface area (TPSA) is 38.3 Å². The minimum atomic E-state index is -4.45. The number of alkyl halides is 3. The third-order valence-corrected chi connectivity index (χ3v) is 3.22. The molecule has 0 radical (unpaired) electrons. The molecule has 1 amide bonds. The first-order valence-electron chi connectivity index (χ1n) is 6.98. The van der Waals surface area contributed by atoms with Gasteiger partial charge < -0.3 is 10.1 Å². The van der Waals surface area contributed by atoms with Crippen LogP contribution < -0.4 is 10.1 Å². The van der Waals surface area contributed by atoms with E-state index >= 15 is 0 Å². The van der Waals surface area contributed by atoms with Crippen LogP contribution in [-0.4, -0.2) is 12.0 Å². The number of aryl methyl sites for hydroxylation is 1. The number of hydrogen-bond donors (Lipinski definition) is 1. The lowest BCUT2D eigenvalue weighted by Crippen LogP contribution is -2.30. The zero-order chi connectivity index (χ0) is 17.0. The lowest BCUT2D eigenvalue weighted by atomic mass is 10.2. The van der Waals surface area contributed by atoms with Crippen LogP contribution in [0.15, 0.2) is 48.5 Å². The van der Waals surface area contributed by atoms with Gasteiger partial charge in [-0.1, -0.05) is 24.3 Å². The van der Waals surface area contributed by atoms with Crippen molar-refractivity contribution in [3.05, 3.63) is 59.7 Å². The second kappa shape index (κ2) is 6.73. The van der Waals surface area contributed by atoms with Gasteiger partial charge in [-0.05, 0) is 43.7 Å². The van der Waals surface area contributed by atoms with E-state index in [4.69, 9.17) is 4.74 Å². The summed E-state index contributed by atoms with van der Waals surface area (Å²) in [7, 11) is 0. The largest absolute Gasteiger partial charge is 0.481 e. The third kappa shape index (κ3) is 4.48. The number of rotatable bonds is 4. The Balaban J connectivity index is 2.06. The van der Waals surface area contributed by atoms with Crippen molar-refractivity contribution in [3.63, 3.8) is 0 Å². The van der Waals surface area contributed by atoms with Crippen LogP contribution in [-0.2, 0) is 11.0 Å². The molecule has 2 aromatic rings. The number of amides is 1. The Morgan fingerprint density at radius 1 is 1.13 bits per heavy atom. The van der Waals surface area contributed by atoms with Crippen molar-refractivity contribution in [1.29, 1.82) is 0 Å². The predicted octanol–water partition coefficient (Wildman–Crippen LogP) is 4.42. The molecular weight excluding hydrogens is 307 g/mol. The van der Waals surface area contributed by atoms with Crippen molar-refractivity contribution in [2.24, 2.45) is 0 Å². The summed E-state index contributed by atoms with van der Waals surface area (Å²) in [6.07, 6.45) is -5.30. The molecule has 0 heterocycles. The van der Waals surface area contributed by atoms with Crippen LogP contribution in [0.5, 0.6) is 5.75 Å². The van der Waals surface area contributed by atoms with Crippen LogP contribution in [0.4, 0.5) is 18.9 Å². The second-order valence-corrected chi connectivity index (χ2v) is 5.09. The zero-order valence-electron chi connectivity index (χ0n) is 12.6. The van der Waals surface area contributed by atoms with Crippen LogP contribution in [0.3, 0.4) is 0 Å². The molecule has 0 aliphatic carbocycles. The van der Waals surface area contributed by atoms with Gasteiger partial charge in [0.1, 0.15) is 5.75 Å². The van der Waals surface area contributed by atoms with Gasteiger partial charge in [-0.3, -0.25) is 4.79 Å². The van der Waals surface area contributed by atoms with E-state index in [1.165, 1.54) is 19.1 Å². The molecule has 0 saturated carbocycles. The molecule has 0 spiro atoms.